The van der Waals surface area contributed by atoms with E-state index >= 15 is 0 Å². The molecule has 0 aromatic carbocycles. The Balaban J connectivity index is 1.58. The molecule has 1 fully saturated rings. The van der Waals surface area contributed by atoms with Crippen LogP contribution in [-0.2, 0) is 11.2 Å². The summed E-state index contributed by atoms with van der Waals surface area (Å²) in [5.41, 5.74) is 9.61. The van der Waals surface area contributed by atoms with Crippen LogP contribution < -0.4 is 15.8 Å². The van der Waals surface area contributed by atoms with Crippen molar-refractivity contribution < 1.29 is 9.53 Å². The summed E-state index contributed by atoms with van der Waals surface area (Å²) in [6.45, 7) is 0.954. The molecule has 0 bridgehead atoms. The van der Waals surface area contributed by atoms with Crippen LogP contribution in [0.4, 0.5) is 5.69 Å². The number of carbonyl (C=O) groups excluding carboxylic acids is 1. The van der Waals surface area contributed by atoms with Crippen molar-refractivity contribution in [3.8, 4) is 5.88 Å². The summed E-state index contributed by atoms with van der Waals surface area (Å²) in [5, 5.41) is 3.54. The third-order valence-electron chi connectivity index (χ3n) is 5.86. The average molecular weight is 340 g/mol. The van der Waals surface area contributed by atoms with Crippen LogP contribution in [0.5, 0.6) is 5.88 Å². The van der Waals surface area contributed by atoms with Crippen LogP contribution in [0.1, 0.15) is 31.2 Å². The van der Waals surface area contributed by atoms with E-state index in [4.69, 9.17) is 10.5 Å². The molecule has 2 aromatic rings. The van der Waals surface area contributed by atoms with Crippen molar-refractivity contribution in [3.63, 3.8) is 0 Å². The SMILES string of the molecule is COc1ccc2ncc3c(c2n1)CC([C@H]1CC[C@H](C(N)=O)CC1)CN3. The Morgan fingerprint density at radius 1 is 1.24 bits per heavy atom. The van der Waals surface area contributed by atoms with Gasteiger partial charge in [0.25, 0.3) is 0 Å². The fraction of sp³-hybridized carbons (Fsp3) is 0.526. The standard InChI is InChI=1S/C19H24N4O2/c1-25-17-7-6-15-18(23-17)14-8-13(9-21-16(14)10-22-15)11-2-4-12(5-3-11)19(20)24/h6-7,10-13,21H,2-5,8-9H2,1H3,(H2,20,24)/t11-,12-,13?. The number of anilines is 1. The van der Waals surface area contributed by atoms with E-state index in [2.05, 4.69) is 15.3 Å². The van der Waals surface area contributed by atoms with Gasteiger partial charge in [-0.25, -0.2) is 4.98 Å². The van der Waals surface area contributed by atoms with Crippen LogP contribution in [0.15, 0.2) is 18.3 Å². The predicted molar refractivity (Wildman–Crippen MR) is 96.4 cm³/mol. The number of rotatable bonds is 3. The number of hydrogen-bond acceptors (Lipinski definition) is 5. The van der Waals surface area contributed by atoms with Gasteiger partial charge in [-0.15, -0.1) is 0 Å². The number of fused-ring (bicyclic) bond motifs is 3. The predicted octanol–water partition coefficient (Wildman–Crippen LogP) is 2.51. The number of hydrogen-bond donors (Lipinski definition) is 2. The van der Waals surface area contributed by atoms with E-state index in [0.717, 1.165) is 55.4 Å². The zero-order valence-corrected chi connectivity index (χ0v) is 14.5. The minimum atomic E-state index is -0.140. The van der Waals surface area contributed by atoms with Crippen molar-refractivity contribution in [2.24, 2.45) is 23.5 Å². The summed E-state index contributed by atoms with van der Waals surface area (Å²) in [7, 11) is 1.63. The molecule has 1 unspecified atom stereocenters. The van der Waals surface area contributed by atoms with Crippen LogP contribution in [0.2, 0.25) is 0 Å². The van der Waals surface area contributed by atoms with Crippen molar-refractivity contribution in [1.29, 1.82) is 0 Å². The van der Waals surface area contributed by atoms with Crippen molar-refractivity contribution in [1.82, 2.24) is 9.97 Å². The zero-order chi connectivity index (χ0) is 17.4. The first kappa shape index (κ1) is 16.1. The molecule has 132 valence electrons. The van der Waals surface area contributed by atoms with E-state index in [0.29, 0.717) is 17.7 Å². The van der Waals surface area contributed by atoms with Crippen LogP contribution in [0.3, 0.4) is 0 Å². The maximum Gasteiger partial charge on any atom is 0.220 e. The Labute approximate surface area is 147 Å². The van der Waals surface area contributed by atoms with E-state index in [-0.39, 0.29) is 11.8 Å². The summed E-state index contributed by atoms with van der Waals surface area (Å²) in [6, 6.07) is 3.81. The number of nitrogens with zero attached hydrogens (tertiary/aromatic N) is 2. The average Bonchev–Trinajstić information content (AvgIpc) is 2.67. The van der Waals surface area contributed by atoms with E-state index in [1.807, 2.05) is 18.3 Å². The summed E-state index contributed by atoms with van der Waals surface area (Å²) in [4.78, 5) is 20.5. The molecule has 0 radical (unpaired) electrons. The third kappa shape index (κ3) is 3.01. The Morgan fingerprint density at radius 3 is 2.76 bits per heavy atom. The lowest BCUT2D eigenvalue weighted by molar-refractivity contribution is -0.123. The van der Waals surface area contributed by atoms with Crippen LogP contribution >= 0.6 is 0 Å². The second kappa shape index (κ2) is 6.50. The zero-order valence-electron chi connectivity index (χ0n) is 14.5. The second-order valence-corrected chi connectivity index (χ2v) is 7.23. The minimum absolute atomic E-state index is 0.0658. The van der Waals surface area contributed by atoms with Crippen LogP contribution in [0.25, 0.3) is 11.0 Å². The lowest BCUT2D eigenvalue weighted by Crippen LogP contribution is -2.34. The number of nitrogens with two attached hydrogens (primary N) is 1. The van der Waals surface area contributed by atoms with Gasteiger partial charge in [-0.1, -0.05) is 0 Å². The number of ether oxygens (including phenoxy) is 1. The van der Waals surface area contributed by atoms with Crippen molar-refractivity contribution in [3.05, 3.63) is 23.9 Å². The van der Waals surface area contributed by atoms with Crippen molar-refractivity contribution in [2.75, 3.05) is 19.0 Å². The van der Waals surface area contributed by atoms with Crippen LogP contribution in [-0.4, -0.2) is 29.5 Å². The number of pyridine rings is 2. The molecule has 1 aliphatic heterocycles. The number of primary amides is 1. The van der Waals surface area contributed by atoms with E-state index in [1.54, 1.807) is 7.11 Å². The first-order chi connectivity index (χ1) is 12.2. The summed E-state index contributed by atoms with van der Waals surface area (Å²) >= 11 is 0. The number of methoxy groups -OCH3 is 1. The maximum atomic E-state index is 11.4. The normalized spacial score (nSPS) is 25.9. The minimum Gasteiger partial charge on any atom is -0.481 e. The topological polar surface area (TPSA) is 90.1 Å². The molecule has 0 spiro atoms. The highest BCUT2D eigenvalue weighted by molar-refractivity contribution is 5.84. The van der Waals surface area contributed by atoms with Gasteiger partial charge in [-0.3, -0.25) is 9.78 Å². The van der Waals surface area contributed by atoms with Gasteiger partial charge in [0.1, 0.15) is 0 Å². The molecule has 2 aromatic heterocycles. The Hall–Kier alpha value is -2.37. The molecule has 25 heavy (non-hydrogen) atoms. The third-order valence-corrected chi connectivity index (χ3v) is 5.86. The van der Waals surface area contributed by atoms with Crippen LogP contribution in [0, 0.1) is 17.8 Å². The molecule has 1 amide bonds. The molecule has 1 aliphatic carbocycles. The van der Waals surface area contributed by atoms with Gasteiger partial charge in [-0.05, 0) is 50.0 Å². The van der Waals surface area contributed by atoms with Gasteiger partial charge >= 0.3 is 0 Å². The lowest BCUT2D eigenvalue weighted by Gasteiger charge is -2.36. The molecule has 1 atom stereocenters. The molecule has 6 heteroatoms. The lowest BCUT2D eigenvalue weighted by atomic mass is 9.73. The smallest absolute Gasteiger partial charge is 0.220 e. The Kier molecular flexibility index (Phi) is 4.19. The van der Waals surface area contributed by atoms with Crippen molar-refractivity contribution in [2.45, 2.75) is 32.1 Å². The summed E-state index contributed by atoms with van der Waals surface area (Å²) < 4.78 is 5.29. The highest BCUT2D eigenvalue weighted by Crippen LogP contribution is 2.39. The second-order valence-electron chi connectivity index (χ2n) is 7.23. The largest absolute Gasteiger partial charge is 0.481 e. The summed E-state index contributed by atoms with van der Waals surface area (Å²) in [5.74, 6) is 1.73. The maximum absolute atomic E-state index is 11.4. The van der Waals surface area contributed by atoms with Gasteiger partial charge in [0.2, 0.25) is 11.8 Å². The number of carbonyl (C=O) groups is 1. The molecule has 6 nitrogen and oxygen atoms in total. The number of aromatic nitrogens is 2. The molecule has 1 saturated carbocycles. The molecule has 0 saturated heterocycles. The first-order valence-electron chi connectivity index (χ1n) is 9.01. The quantitative estimate of drug-likeness (QED) is 0.896. The van der Waals surface area contributed by atoms with E-state index in [9.17, 15) is 4.79 Å². The van der Waals surface area contributed by atoms with Gasteiger partial charge in [0.05, 0.1) is 30.0 Å². The first-order valence-corrected chi connectivity index (χ1v) is 9.01. The molecule has 3 N–H and O–H groups in total. The number of nitrogens with one attached hydrogen (secondary N) is 1. The van der Waals surface area contributed by atoms with Gasteiger partial charge in [0, 0.05) is 24.1 Å². The highest BCUT2D eigenvalue weighted by atomic mass is 16.5. The van der Waals surface area contributed by atoms with Gasteiger partial charge in [-0.2, -0.15) is 0 Å². The molecule has 2 aliphatic rings. The fourth-order valence-corrected chi connectivity index (χ4v) is 4.36. The molecular formula is C19H24N4O2. The Morgan fingerprint density at radius 2 is 2.04 bits per heavy atom. The van der Waals surface area contributed by atoms with Crippen molar-refractivity contribution >= 4 is 22.6 Å². The molecular weight excluding hydrogens is 316 g/mol. The van der Waals surface area contributed by atoms with E-state index < -0.39 is 0 Å². The fourth-order valence-electron chi connectivity index (χ4n) is 4.36. The van der Waals surface area contributed by atoms with E-state index in [1.165, 1.54) is 5.56 Å². The van der Waals surface area contributed by atoms with Gasteiger partial charge < -0.3 is 15.8 Å². The summed E-state index contributed by atoms with van der Waals surface area (Å²) in [6.07, 6.45) is 6.91. The molecule has 4 rings (SSSR count). The number of amides is 1. The monoisotopic (exact) mass is 340 g/mol. The van der Waals surface area contributed by atoms with Gasteiger partial charge in [0.15, 0.2) is 0 Å². The molecule has 3 heterocycles. The Bertz CT molecular complexity index is 794. The highest BCUT2D eigenvalue weighted by Gasteiger charge is 2.32.